The van der Waals surface area contributed by atoms with E-state index in [1.165, 1.54) is 11.3 Å². The Balaban J connectivity index is 1.80. The van der Waals surface area contributed by atoms with Crippen LogP contribution in [0.3, 0.4) is 0 Å². The predicted octanol–water partition coefficient (Wildman–Crippen LogP) is 4.84. The van der Waals surface area contributed by atoms with Gasteiger partial charge < -0.3 is 19.7 Å². The number of thiophene rings is 1. The molecule has 0 unspecified atom stereocenters. The molecule has 0 bridgehead atoms. The number of aromatic nitrogens is 2. The number of hydrogen-bond acceptors (Lipinski definition) is 8. The maximum atomic E-state index is 12.7. The molecule has 31 heavy (non-hydrogen) atoms. The van der Waals surface area contributed by atoms with Crippen molar-refractivity contribution in [3.8, 4) is 0 Å². The second-order valence-electron chi connectivity index (χ2n) is 7.88. The van der Waals surface area contributed by atoms with Crippen molar-refractivity contribution in [2.45, 2.75) is 46.8 Å². The van der Waals surface area contributed by atoms with Crippen LogP contribution in [0, 0.1) is 13.8 Å². The van der Waals surface area contributed by atoms with Crippen molar-refractivity contribution < 1.29 is 14.3 Å². The van der Waals surface area contributed by atoms with E-state index in [4.69, 9.17) is 19.4 Å². The second-order valence-corrected chi connectivity index (χ2v) is 9.10. The monoisotopic (exact) mass is 440 g/mol. The highest BCUT2D eigenvalue weighted by Gasteiger charge is 2.28. The Hall–Kier alpha value is -2.71. The molecule has 0 saturated carbocycles. The van der Waals surface area contributed by atoms with Gasteiger partial charge in [0.1, 0.15) is 5.00 Å². The molecule has 2 aromatic heterocycles. The molecule has 8 heteroatoms. The lowest BCUT2D eigenvalue weighted by atomic mass is 10.1. The van der Waals surface area contributed by atoms with Gasteiger partial charge in [0.05, 0.1) is 35.4 Å². The van der Waals surface area contributed by atoms with Crippen molar-refractivity contribution >= 4 is 45.0 Å². The lowest BCUT2D eigenvalue weighted by molar-refractivity contribution is -0.00541. The normalized spacial score (nSPS) is 18.9. The molecule has 0 aliphatic carbocycles. The minimum Gasteiger partial charge on any atom is -0.462 e. The molecule has 1 aliphatic heterocycles. The minimum atomic E-state index is -0.323. The first-order valence-electron chi connectivity index (χ1n) is 10.6. The number of benzene rings is 1. The summed E-state index contributed by atoms with van der Waals surface area (Å²) in [6.07, 6.45) is 0.178. The molecular formula is C23H28N4O3S. The lowest BCUT2D eigenvalue weighted by Gasteiger charge is -2.36. The molecule has 1 saturated heterocycles. The summed E-state index contributed by atoms with van der Waals surface area (Å²) in [5, 5.41) is 4.15. The molecular weight excluding hydrogens is 412 g/mol. The van der Waals surface area contributed by atoms with E-state index < -0.39 is 0 Å². The van der Waals surface area contributed by atoms with E-state index in [1.54, 1.807) is 0 Å². The van der Waals surface area contributed by atoms with Gasteiger partial charge in [-0.05, 0) is 52.3 Å². The van der Waals surface area contributed by atoms with Crippen LogP contribution in [0.2, 0.25) is 0 Å². The third-order valence-electron chi connectivity index (χ3n) is 5.37. The molecule has 2 atom stereocenters. The minimum absolute atomic E-state index is 0.0891. The van der Waals surface area contributed by atoms with Crippen LogP contribution in [0.1, 0.15) is 41.6 Å². The largest absolute Gasteiger partial charge is 0.462 e. The van der Waals surface area contributed by atoms with Crippen LogP contribution in [-0.2, 0) is 9.47 Å². The average Bonchev–Trinajstić information content (AvgIpc) is 3.00. The molecule has 1 fully saturated rings. The molecule has 3 aromatic rings. The first-order chi connectivity index (χ1) is 14.9. The second kappa shape index (κ2) is 8.80. The van der Waals surface area contributed by atoms with Gasteiger partial charge in [-0.15, -0.1) is 11.3 Å². The highest BCUT2D eigenvalue weighted by molar-refractivity contribution is 7.16. The molecule has 1 N–H and O–H groups in total. The van der Waals surface area contributed by atoms with E-state index in [2.05, 4.69) is 24.1 Å². The fourth-order valence-electron chi connectivity index (χ4n) is 3.92. The van der Waals surface area contributed by atoms with Crippen molar-refractivity contribution in [3.05, 3.63) is 40.3 Å². The Morgan fingerprint density at radius 3 is 2.48 bits per heavy atom. The Labute approximate surface area is 186 Å². The van der Waals surface area contributed by atoms with Gasteiger partial charge in [-0.1, -0.05) is 12.1 Å². The molecule has 1 aliphatic rings. The molecule has 1 aromatic carbocycles. The van der Waals surface area contributed by atoms with Crippen molar-refractivity contribution in [2.24, 2.45) is 0 Å². The molecule has 164 valence electrons. The number of hydrogen-bond donors (Lipinski definition) is 1. The molecule has 3 heterocycles. The van der Waals surface area contributed by atoms with Gasteiger partial charge in [-0.2, -0.15) is 0 Å². The number of para-hydroxylation sites is 2. The number of esters is 1. The predicted molar refractivity (Wildman–Crippen MR) is 125 cm³/mol. The molecule has 0 amide bonds. The van der Waals surface area contributed by atoms with Crippen molar-refractivity contribution in [1.82, 2.24) is 9.97 Å². The number of nitrogens with zero attached hydrogens (tertiary/aromatic N) is 3. The van der Waals surface area contributed by atoms with Gasteiger partial charge in [-0.25, -0.2) is 14.8 Å². The summed E-state index contributed by atoms with van der Waals surface area (Å²) in [5.74, 6) is 1.07. The molecule has 0 radical (unpaired) electrons. The van der Waals surface area contributed by atoms with E-state index in [9.17, 15) is 4.79 Å². The number of morpholine rings is 1. The van der Waals surface area contributed by atoms with Gasteiger partial charge in [0.15, 0.2) is 11.6 Å². The van der Waals surface area contributed by atoms with Crippen LogP contribution in [0.25, 0.3) is 11.0 Å². The standard InChI is InChI=1S/C23H28N4O3S/c1-6-29-23(28)19-15(4)16(5)31-22(19)26-20-21(27-11-13(2)30-14(3)12-27)25-18-10-8-7-9-17(18)24-20/h7-10,13-14H,6,11-12H2,1-5H3,(H,24,26)/t13-,14+. The summed E-state index contributed by atoms with van der Waals surface area (Å²) in [4.78, 5) is 25.7. The SMILES string of the molecule is CCOC(=O)c1c(Nc2nc3ccccc3nc2N2C[C@@H](C)O[C@@H](C)C2)sc(C)c1C. The first-order valence-corrected chi connectivity index (χ1v) is 11.4. The average molecular weight is 441 g/mol. The number of rotatable bonds is 5. The van der Waals surface area contributed by atoms with Crippen LogP contribution in [0.15, 0.2) is 24.3 Å². The number of fused-ring (bicyclic) bond motifs is 1. The van der Waals surface area contributed by atoms with E-state index >= 15 is 0 Å². The van der Waals surface area contributed by atoms with Gasteiger partial charge >= 0.3 is 5.97 Å². The zero-order valence-electron chi connectivity index (χ0n) is 18.6. The Kier molecular flexibility index (Phi) is 6.11. The van der Waals surface area contributed by atoms with Gasteiger partial charge in [0.2, 0.25) is 0 Å². The maximum absolute atomic E-state index is 12.7. The molecule has 0 spiro atoms. The zero-order chi connectivity index (χ0) is 22.1. The van der Waals surface area contributed by atoms with Crippen LogP contribution in [0.4, 0.5) is 16.6 Å². The lowest BCUT2D eigenvalue weighted by Crippen LogP contribution is -2.46. The van der Waals surface area contributed by atoms with Gasteiger partial charge in [0.25, 0.3) is 0 Å². The van der Waals surface area contributed by atoms with Gasteiger partial charge in [0, 0.05) is 18.0 Å². The smallest absolute Gasteiger partial charge is 0.341 e. The molecule has 4 rings (SSSR count). The van der Waals surface area contributed by atoms with E-state index in [-0.39, 0.29) is 18.2 Å². The van der Waals surface area contributed by atoms with Crippen LogP contribution in [-0.4, -0.2) is 47.8 Å². The Morgan fingerprint density at radius 1 is 1.19 bits per heavy atom. The highest BCUT2D eigenvalue weighted by Crippen LogP contribution is 2.37. The number of anilines is 3. The highest BCUT2D eigenvalue weighted by atomic mass is 32.1. The number of nitrogens with one attached hydrogen (secondary N) is 1. The van der Waals surface area contributed by atoms with Crippen molar-refractivity contribution in [2.75, 3.05) is 29.9 Å². The third kappa shape index (κ3) is 4.36. The summed E-state index contributed by atoms with van der Waals surface area (Å²) in [5.41, 5.74) is 3.12. The quantitative estimate of drug-likeness (QED) is 0.569. The fraction of sp³-hybridized carbons (Fsp3) is 0.435. The fourth-order valence-corrected chi connectivity index (χ4v) is 4.97. The van der Waals surface area contributed by atoms with Crippen LogP contribution < -0.4 is 10.2 Å². The first kappa shape index (κ1) is 21.5. The van der Waals surface area contributed by atoms with Gasteiger partial charge in [-0.3, -0.25) is 0 Å². The molecule has 7 nitrogen and oxygen atoms in total. The van der Waals surface area contributed by atoms with Crippen LogP contribution in [0.5, 0.6) is 0 Å². The number of carbonyl (C=O) groups excluding carboxylic acids is 1. The van der Waals surface area contributed by atoms with E-state index in [1.807, 2.05) is 45.0 Å². The Morgan fingerprint density at radius 2 is 1.84 bits per heavy atom. The summed E-state index contributed by atoms with van der Waals surface area (Å²) in [6, 6.07) is 7.82. The van der Waals surface area contributed by atoms with E-state index in [0.29, 0.717) is 18.0 Å². The number of carbonyl (C=O) groups is 1. The van der Waals surface area contributed by atoms with E-state index in [0.717, 1.165) is 45.4 Å². The maximum Gasteiger partial charge on any atom is 0.341 e. The third-order valence-corrected chi connectivity index (χ3v) is 6.49. The summed E-state index contributed by atoms with van der Waals surface area (Å²) >= 11 is 1.53. The van der Waals surface area contributed by atoms with Crippen molar-refractivity contribution in [3.63, 3.8) is 0 Å². The number of ether oxygens (including phenoxy) is 2. The Bertz CT molecular complexity index is 1100. The summed E-state index contributed by atoms with van der Waals surface area (Å²) in [6.45, 7) is 11.7. The summed E-state index contributed by atoms with van der Waals surface area (Å²) in [7, 11) is 0. The zero-order valence-corrected chi connectivity index (χ0v) is 19.4. The summed E-state index contributed by atoms with van der Waals surface area (Å²) < 4.78 is 11.2. The topological polar surface area (TPSA) is 76.6 Å². The number of aryl methyl sites for hydroxylation is 1. The van der Waals surface area contributed by atoms with Crippen LogP contribution >= 0.6 is 11.3 Å². The van der Waals surface area contributed by atoms with Crippen molar-refractivity contribution in [1.29, 1.82) is 0 Å².